The molecule has 0 aliphatic heterocycles. The van der Waals surface area contributed by atoms with Crippen LogP contribution in [-0.2, 0) is 0 Å². The number of anilines is 1. The Bertz CT molecular complexity index is 504. The first-order chi connectivity index (χ1) is 9.19. The SMILES string of the molecule is N#Cc1ccc(NC(=O)NC2CCCCC2)c(Cl)c1. The Hall–Kier alpha value is -1.73. The van der Waals surface area contributed by atoms with Crippen molar-refractivity contribution in [2.24, 2.45) is 0 Å². The maximum absolute atomic E-state index is 11.8. The van der Waals surface area contributed by atoms with E-state index in [0.29, 0.717) is 16.3 Å². The second-order valence-electron chi connectivity index (χ2n) is 4.74. The molecule has 1 fully saturated rings. The summed E-state index contributed by atoms with van der Waals surface area (Å²) in [6.07, 6.45) is 5.66. The van der Waals surface area contributed by atoms with Crippen LogP contribution in [0.15, 0.2) is 18.2 Å². The first-order valence-electron chi connectivity index (χ1n) is 6.46. The Labute approximate surface area is 117 Å². The molecule has 0 atom stereocenters. The first-order valence-corrected chi connectivity index (χ1v) is 6.84. The number of nitriles is 1. The van der Waals surface area contributed by atoms with Crippen molar-refractivity contribution in [3.63, 3.8) is 0 Å². The lowest BCUT2D eigenvalue weighted by Crippen LogP contribution is -2.39. The molecule has 0 unspecified atom stereocenters. The lowest BCUT2D eigenvalue weighted by molar-refractivity contribution is 0.244. The third-order valence-corrected chi connectivity index (χ3v) is 3.60. The Morgan fingerprint density at radius 3 is 2.68 bits per heavy atom. The maximum Gasteiger partial charge on any atom is 0.319 e. The van der Waals surface area contributed by atoms with Crippen LogP contribution < -0.4 is 10.6 Å². The molecule has 0 saturated heterocycles. The Kier molecular flexibility index (Phi) is 4.64. The van der Waals surface area contributed by atoms with Gasteiger partial charge in [-0.2, -0.15) is 5.26 Å². The summed E-state index contributed by atoms with van der Waals surface area (Å²) in [6, 6.07) is 6.83. The minimum Gasteiger partial charge on any atom is -0.335 e. The summed E-state index contributed by atoms with van der Waals surface area (Å²) in [5.41, 5.74) is 0.997. The molecule has 0 radical (unpaired) electrons. The predicted octanol–water partition coefficient (Wildman–Crippen LogP) is 3.67. The fourth-order valence-electron chi connectivity index (χ4n) is 2.28. The van der Waals surface area contributed by atoms with Crippen LogP contribution in [0.3, 0.4) is 0 Å². The third-order valence-electron chi connectivity index (χ3n) is 3.29. The number of nitrogens with zero attached hydrogens (tertiary/aromatic N) is 1. The average molecular weight is 278 g/mol. The fourth-order valence-corrected chi connectivity index (χ4v) is 2.50. The lowest BCUT2D eigenvalue weighted by Gasteiger charge is -2.23. The Balaban J connectivity index is 1.93. The molecule has 5 heteroatoms. The molecule has 2 amide bonds. The van der Waals surface area contributed by atoms with Gasteiger partial charge in [-0.1, -0.05) is 30.9 Å². The van der Waals surface area contributed by atoms with Crippen LogP contribution in [0, 0.1) is 11.3 Å². The van der Waals surface area contributed by atoms with Gasteiger partial charge in [-0.3, -0.25) is 0 Å². The van der Waals surface area contributed by atoms with Crippen LogP contribution in [0.2, 0.25) is 5.02 Å². The molecular weight excluding hydrogens is 262 g/mol. The van der Waals surface area contributed by atoms with Gasteiger partial charge in [-0.05, 0) is 31.0 Å². The zero-order valence-corrected chi connectivity index (χ0v) is 11.3. The topological polar surface area (TPSA) is 64.9 Å². The summed E-state index contributed by atoms with van der Waals surface area (Å²) in [4.78, 5) is 11.8. The van der Waals surface area contributed by atoms with Crippen molar-refractivity contribution < 1.29 is 4.79 Å². The monoisotopic (exact) mass is 277 g/mol. The number of amides is 2. The molecule has 1 aliphatic carbocycles. The molecule has 1 aromatic carbocycles. The van der Waals surface area contributed by atoms with Gasteiger partial charge in [-0.15, -0.1) is 0 Å². The number of nitrogens with one attached hydrogen (secondary N) is 2. The number of rotatable bonds is 2. The van der Waals surface area contributed by atoms with Crippen LogP contribution in [0.5, 0.6) is 0 Å². The van der Waals surface area contributed by atoms with E-state index in [1.165, 1.54) is 25.3 Å². The maximum atomic E-state index is 11.8. The highest BCUT2D eigenvalue weighted by Gasteiger charge is 2.16. The van der Waals surface area contributed by atoms with E-state index in [9.17, 15) is 4.79 Å². The smallest absolute Gasteiger partial charge is 0.319 e. The molecule has 1 aliphatic rings. The van der Waals surface area contributed by atoms with Crippen molar-refractivity contribution in [1.29, 1.82) is 5.26 Å². The third kappa shape index (κ3) is 3.87. The van der Waals surface area contributed by atoms with E-state index in [-0.39, 0.29) is 12.1 Å². The average Bonchev–Trinajstić information content (AvgIpc) is 2.42. The normalized spacial score (nSPS) is 15.6. The van der Waals surface area contributed by atoms with Crippen molar-refractivity contribution in [3.8, 4) is 6.07 Å². The van der Waals surface area contributed by atoms with Crippen LogP contribution in [0.4, 0.5) is 10.5 Å². The molecule has 19 heavy (non-hydrogen) atoms. The van der Waals surface area contributed by atoms with Crippen molar-refractivity contribution in [2.75, 3.05) is 5.32 Å². The molecule has 2 N–H and O–H groups in total. The standard InChI is InChI=1S/C14H16ClN3O/c15-12-8-10(9-16)6-7-13(12)18-14(19)17-11-4-2-1-3-5-11/h6-8,11H,1-5H2,(H2,17,18,19). The van der Waals surface area contributed by atoms with Crippen LogP contribution >= 0.6 is 11.6 Å². The molecule has 0 spiro atoms. The molecule has 1 saturated carbocycles. The van der Waals surface area contributed by atoms with Crippen molar-refractivity contribution in [2.45, 2.75) is 38.1 Å². The van der Waals surface area contributed by atoms with E-state index in [0.717, 1.165) is 12.8 Å². The quantitative estimate of drug-likeness (QED) is 0.866. The van der Waals surface area contributed by atoms with E-state index in [1.807, 2.05) is 6.07 Å². The van der Waals surface area contributed by atoms with E-state index >= 15 is 0 Å². The summed E-state index contributed by atoms with van der Waals surface area (Å²) in [6.45, 7) is 0. The predicted molar refractivity (Wildman–Crippen MR) is 75.2 cm³/mol. The van der Waals surface area contributed by atoms with Gasteiger partial charge in [0.1, 0.15) is 0 Å². The molecule has 1 aromatic rings. The number of urea groups is 1. The molecule has 100 valence electrons. The van der Waals surface area contributed by atoms with E-state index in [4.69, 9.17) is 16.9 Å². The highest BCUT2D eigenvalue weighted by Crippen LogP contribution is 2.23. The lowest BCUT2D eigenvalue weighted by atomic mass is 9.96. The fraction of sp³-hybridized carbons (Fsp3) is 0.429. The molecule has 4 nitrogen and oxygen atoms in total. The number of hydrogen-bond donors (Lipinski definition) is 2. The number of carbonyl (C=O) groups excluding carboxylic acids is 1. The highest BCUT2D eigenvalue weighted by atomic mass is 35.5. The van der Waals surface area contributed by atoms with Gasteiger partial charge in [0.15, 0.2) is 0 Å². The van der Waals surface area contributed by atoms with Gasteiger partial charge in [0.2, 0.25) is 0 Å². The van der Waals surface area contributed by atoms with Crippen LogP contribution in [-0.4, -0.2) is 12.1 Å². The Morgan fingerprint density at radius 1 is 1.32 bits per heavy atom. The van der Waals surface area contributed by atoms with Crippen LogP contribution in [0.1, 0.15) is 37.7 Å². The summed E-state index contributed by atoms with van der Waals surface area (Å²) in [5, 5.41) is 14.8. The minimum atomic E-state index is -0.237. The van der Waals surface area contributed by atoms with Gasteiger partial charge in [0.05, 0.1) is 22.3 Å². The Morgan fingerprint density at radius 2 is 2.05 bits per heavy atom. The zero-order chi connectivity index (χ0) is 13.7. The van der Waals surface area contributed by atoms with Gasteiger partial charge in [0, 0.05) is 6.04 Å². The summed E-state index contributed by atoms with van der Waals surface area (Å²) in [7, 11) is 0. The number of benzene rings is 1. The second-order valence-corrected chi connectivity index (χ2v) is 5.15. The molecule has 0 aromatic heterocycles. The van der Waals surface area contributed by atoms with E-state index in [2.05, 4.69) is 10.6 Å². The summed E-state index contributed by atoms with van der Waals surface area (Å²) in [5.74, 6) is 0. The van der Waals surface area contributed by atoms with Crippen molar-refractivity contribution >= 4 is 23.3 Å². The van der Waals surface area contributed by atoms with Gasteiger partial charge < -0.3 is 10.6 Å². The number of hydrogen-bond acceptors (Lipinski definition) is 2. The van der Waals surface area contributed by atoms with Crippen LogP contribution in [0.25, 0.3) is 0 Å². The highest BCUT2D eigenvalue weighted by molar-refractivity contribution is 6.33. The van der Waals surface area contributed by atoms with Gasteiger partial charge >= 0.3 is 6.03 Å². The first kappa shape index (κ1) is 13.7. The second kappa shape index (κ2) is 6.44. The largest absolute Gasteiger partial charge is 0.335 e. The molecular formula is C14H16ClN3O. The molecule has 0 heterocycles. The summed E-state index contributed by atoms with van der Waals surface area (Å²) < 4.78 is 0. The number of halogens is 1. The van der Waals surface area contributed by atoms with E-state index in [1.54, 1.807) is 12.1 Å². The molecule has 2 rings (SSSR count). The van der Waals surface area contributed by atoms with Crippen molar-refractivity contribution in [3.05, 3.63) is 28.8 Å². The van der Waals surface area contributed by atoms with Gasteiger partial charge in [-0.25, -0.2) is 4.79 Å². The summed E-state index contributed by atoms with van der Waals surface area (Å²) >= 11 is 6.00. The number of carbonyl (C=O) groups is 1. The zero-order valence-electron chi connectivity index (χ0n) is 10.6. The van der Waals surface area contributed by atoms with Crippen molar-refractivity contribution in [1.82, 2.24) is 5.32 Å². The van der Waals surface area contributed by atoms with Gasteiger partial charge in [0.25, 0.3) is 0 Å². The van der Waals surface area contributed by atoms with E-state index < -0.39 is 0 Å². The molecule has 0 bridgehead atoms. The minimum absolute atomic E-state index is 0.237.